The molecule has 1 amide bonds. The molecule has 0 bridgehead atoms. The highest BCUT2D eigenvalue weighted by Crippen LogP contribution is 2.20. The lowest BCUT2D eigenvalue weighted by molar-refractivity contribution is -0.132. The molecule has 4 atom stereocenters. The summed E-state index contributed by atoms with van der Waals surface area (Å²) in [6, 6.07) is -1.00. The summed E-state index contributed by atoms with van der Waals surface area (Å²) in [5.74, 6) is -0.584. The van der Waals surface area contributed by atoms with Gasteiger partial charge >= 0.3 is 0 Å². The van der Waals surface area contributed by atoms with Crippen LogP contribution in [0.15, 0.2) is 12.2 Å². The van der Waals surface area contributed by atoms with Gasteiger partial charge in [-0.15, -0.1) is 0 Å². The number of unbranched alkanes of at least 4 members (excludes halogenated alkanes) is 54. The van der Waals surface area contributed by atoms with Crippen LogP contribution in [-0.2, 0) is 4.79 Å². The summed E-state index contributed by atoms with van der Waals surface area (Å²) in [5.41, 5.74) is 0. The third-order valence-electron chi connectivity index (χ3n) is 16.7. The van der Waals surface area contributed by atoms with E-state index < -0.39 is 36.9 Å². The van der Waals surface area contributed by atoms with Crippen LogP contribution in [-0.4, -0.2) is 57.3 Å². The van der Waals surface area contributed by atoms with Crippen molar-refractivity contribution in [2.45, 2.75) is 417 Å². The van der Waals surface area contributed by atoms with Crippen molar-refractivity contribution in [3.05, 3.63) is 12.2 Å². The standard InChI is InChI=1S/C69H137NO5/c1-3-5-7-9-11-13-15-17-19-21-23-25-27-29-31-33-34-35-37-38-40-42-44-46-48-50-52-54-56-58-60-62-66(72)68(74)65(64-71)70-69(75)67(73)63-61-59-57-55-53-51-49-47-45-43-41-39-36-32-30-28-26-24-22-20-18-16-14-12-10-8-6-4-2/h54,56,65-68,71-74H,3-53,55,57-64H2,1-2H3,(H,70,75)/b56-54+. The zero-order chi connectivity index (χ0) is 54.4. The number of aliphatic hydroxyl groups excluding tert-OH is 4. The minimum atomic E-state index is -1.28. The third kappa shape index (κ3) is 57.5. The van der Waals surface area contributed by atoms with Crippen LogP contribution in [0.25, 0.3) is 0 Å². The molecule has 0 aromatic heterocycles. The summed E-state index contributed by atoms with van der Waals surface area (Å²) in [7, 11) is 0. The first-order valence-electron chi connectivity index (χ1n) is 34.6. The molecule has 75 heavy (non-hydrogen) atoms. The van der Waals surface area contributed by atoms with Crippen LogP contribution in [0.5, 0.6) is 0 Å². The second-order valence-electron chi connectivity index (χ2n) is 24.2. The molecule has 0 radical (unpaired) electrons. The molecule has 0 saturated heterocycles. The van der Waals surface area contributed by atoms with Gasteiger partial charge in [-0.25, -0.2) is 0 Å². The Morgan fingerprint density at radius 2 is 0.547 bits per heavy atom. The van der Waals surface area contributed by atoms with E-state index in [1.54, 1.807) is 0 Å². The number of carbonyl (C=O) groups excluding carboxylic acids is 1. The summed E-state index contributed by atoms with van der Waals surface area (Å²) in [5, 5.41) is 44.2. The van der Waals surface area contributed by atoms with E-state index in [9.17, 15) is 25.2 Å². The molecule has 0 aromatic carbocycles. The third-order valence-corrected chi connectivity index (χ3v) is 16.7. The fraction of sp³-hybridized carbons (Fsp3) is 0.957. The number of amides is 1. The molecular weight excluding hydrogens is 923 g/mol. The lowest BCUT2D eigenvalue weighted by atomic mass is 10.00. The smallest absolute Gasteiger partial charge is 0.249 e. The number of carbonyl (C=O) groups is 1. The maximum absolute atomic E-state index is 12.7. The molecule has 0 aliphatic rings. The average molecular weight is 1060 g/mol. The van der Waals surface area contributed by atoms with E-state index in [0.29, 0.717) is 12.8 Å². The predicted octanol–water partition coefficient (Wildman–Crippen LogP) is 21.2. The van der Waals surface area contributed by atoms with Crippen molar-refractivity contribution in [3.63, 3.8) is 0 Å². The van der Waals surface area contributed by atoms with E-state index in [-0.39, 0.29) is 0 Å². The van der Waals surface area contributed by atoms with Crippen molar-refractivity contribution >= 4 is 5.91 Å². The molecule has 5 N–H and O–H groups in total. The van der Waals surface area contributed by atoms with Crippen molar-refractivity contribution < 1.29 is 25.2 Å². The van der Waals surface area contributed by atoms with Crippen molar-refractivity contribution in [2.75, 3.05) is 6.61 Å². The van der Waals surface area contributed by atoms with Crippen LogP contribution >= 0.6 is 0 Å². The topological polar surface area (TPSA) is 110 Å². The Labute approximate surface area is 470 Å². The first-order chi connectivity index (χ1) is 37.0. The van der Waals surface area contributed by atoms with E-state index in [2.05, 4.69) is 31.3 Å². The zero-order valence-electron chi connectivity index (χ0n) is 51.1. The number of nitrogens with one attached hydrogen (secondary N) is 1. The van der Waals surface area contributed by atoms with Crippen molar-refractivity contribution in [1.29, 1.82) is 0 Å². The highest BCUT2D eigenvalue weighted by Gasteiger charge is 2.28. The molecule has 0 aliphatic carbocycles. The van der Waals surface area contributed by atoms with Crippen LogP contribution in [0, 0.1) is 0 Å². The Hall–Kier alpha value is -0.950. The van der Waals surface area contributed by atoms with Crippen LogP contribution in [0.3, 0.4) is 0 Å². The SMILES string of the molecule is CCCCCCCCCCCCCCCCCCCCCCCCCCCC/C=C/CCCC(O)C(O)C(CO)NC(=O)C(O)CCCCCCCCCCCCCCCCCCCCCCCCCCCCCC. The Bertz CT molecular complexity index is 1100. The first kappa shape index (κ1) is 74.0. The number of rotatable bonds is 65. The molecule has 6 heteroatoms. The minimum absolute atomic E-state index is 0.369. The summed E-state index contributed by atoms with van der Waals surface area (Å²) < 4.78 is 0. The molecule has 0 fully saturated rings. The molecule has 0 aromatic rings. The molecule has 448 valence electrons. The second kappa shape index (κ2) is 63.9. The minimum Gasteiger partial charge on any atom is -0.394 e. The summed E-state index contributed by atoms with van der Waals surface area (Å²) in [4.78, 5) is 12.7. The number of allylic oxidation sites excluding steroid dienone is 2. The van der Waals surface area contributed by atoms with Gasteiger partial charge in [0, 0.05) is 0 Å². The summed E-state index contributed by atoms with van der Waals surface area (Å²) >= 11 is 0. The Morgan fingerprint density at radius 3 is 0.800 bits per heavy atom. The van der Waals surface area contributed by atoms with Gasteiger partial charge in [0.05, 0.1) is 18.8 Å². The predicted molar refractivity (Wildman–Crippen MR) is 330 cm³/mol. The van der Waals surface area contributed by atoms with E-state index in [1.165, 1.54) is 327 Å². The lowest BCUT2D eigenvalue weighted by Gasteiger charge is -2.27. The molecule has 0 aliphatic heterocycles. The fourth-order valence-corrected chi connectivity index (χ4v) is 11.4. The van der Waals surface area contributed by atoms with E-state index >= 15 is 0 Å². The van der Waals surface area contributed by atoms with Gasteiger partial charge in [0.1, 0.15) is 12.2 Å². The Morgan fingerprint density at radius 1 is 0.320 bits per heavy atom. The molecule has 0 spiro atoms. The normalized spacial score (nSPS) is 13.5. The van der Waals surface area contributed by atoms with Gasteiger partial charge in [-0.05, 0) is 38.5 Å². The molecule has 0 heterocycles. The summed E-state index contributed by atoms with van der Waals surface area (Å²) in [6.45, 7) is 4.11. The lowest BCUT2D eigenvalue weighted by Crippen LogP contribution is -2.53. The van der Waals surface area contributed by atoms with Gasteiger partial charge in [0.25, 0.3) is 0 Å². The molecule has 0 rings (SSSR count). The van der Waals surface area contributed by atoms with Crippen LogP contribution in [0.2, 0.25) is 0 Å². The number of hydrogen-bond donors (Lipinski definition) is 5. The molecule has 4 unspecified atom stereocenters. The van der Waals surface area contributed by atoms with Gasteiger partial charge in [0.15, 0.2) is 0 Å². The van der Waals surface area contributed by atoms with Gasteiger partial charge in [-0.1, -0.05) is 366 Å². The van der Waals surface area contributed by atoms with Crippen molar-refractivity contribution in [3.8, 4) is 0 Å². The largest absolute Gasteiger partial charge is 0.394 e. The maximum atomic E-state index is 12.7. The fourth-order valence-electron chi connectivity index (χ4n) is 11.4. The van der Waals surface area contributed by atoms with Crippen molar-refractivity contribution in [2.24, 2.45) is 0 Å². The Balaban J connectivity index is 3.55. The quantitative estimate of drug-likeness (QED) is 0.0308. The van der Waals surface area contributed by atoms with Crippen LogP contribution in [0.1, 0.15) is 393 Å². The second-order valence-corrected chi connectivity index (χ2v) is 24.2. The molecule has 0 saturated carbocycles. The Kier molecular flexibility index (Phi) is 63.1. The van der Waals surface area contributed by atoms with Gasteiger partial charge in [-0.2, -0.15) is 0 Å². The molecule has 6 nitrogen and oxygen atoms in total. The highest BCUT2D eigenvalue weighted by atomic mass is 16.3. The highest BCUT2D eigenvalue weighted by molar-refractivity contribution is 5.80. The first-order valence-corrected chi connectivity index (χ1v) is 34.6. The van der Waals surface area contributed by atoms with E-state index in [1.807, 2.05) is 0 Å². The van der Waals surface area contributed by atoms with E-state index in [0.717, 1.165) is 38.5 Å². The van der Waals surface area contributed by atoms with Crippen molar-refractivity contribution in [1.82, 2.24) is 5.32 Å². The van der Waals surface area contributed by atoms with E-state index in [4.69, 9.17) is 0 Å². The van der Waals surface area contributed by atoms with Crippen LogP contribution < -0.4 is 5.32 Å². The van der Waals surface area contributed by atoms with Gasteiger partial charge in [0.2, 0.25) is 5.91 Å². The van der Waals surface area contributed by atoms with Crippen LogP contribution in [0.4, 0.5) is 0 Å². The van der Waals surface area contributed by atoms with Gasteiger partial charge < -0.3 is 25.7 Å². The van der Waals surface area contributed by atoms with Gasteiger partial charge in [-0.3, -0.25) is 4.79 Å². The molecular formula is C69H137NO5. The number of aliphatic hydroxyl groups is 4. The maximum Gasteiger partial charge on any atom is 0.249 e. The summed E-state index contributed by atoms with van der Waals surface area (Å²) in [6.07, 6.45) is 79.1. The monoisotopic (exact) mass is 1060 g/mol. The average Bonchev–Trinajstić information content (AvgIpc) is 3.42. The number of hydrogen-bond acceptors (Lipinski definition) is 5. The zero-order valence-corrected chi connectivity index (χ0v) is 51.1.